The van der Waals surface area contributed by atoms with Crippen LogP contribution in [0, 0.1) is 0 Å². The molecule has 0 radical (unpaired) electrons. The van der Waals surface area contributed by atoms with Gasteiger partial charge in [0.1, 0.15) is 22.3 Å². The van der Waals surface area contributed by atoms with Crippen molar-refractivity contribution in [1.82, 2.24) is 24.9 Å². The molecule has 0 unspecified atom stereocenters. The summed E-state index contributed by atoms with van der Waals surface area (Å²) >= 11 is 1.71. The van der Waals surface area contributed by atoms with E-state index in [2.05, 4.69) is 72.8 Å². The number of aromatic nitrogens is 5. The monoisotopic (exact) mass is 749 g/mol. The number of furan rings is 2. The highest BCUT2D eigenvalue weighted by Crippen LogP contribution is 2.43. The fourth-order valence-corrected chi connectivity index (χ4v) is 9.11. The van der Waals surface area contributed by atoms with Crippen LogP contribution < -0.4 is 0 Å². The van der Waals surface area contributed by atoms with Gasteiger partial charge in [-0.15, -0.1) is 11.3 Å². The molecular weight excluding hydrogens is 723 g/mol. The molecule has 12 aromatic rings. The molecule has 0 aliphatic carbocycles. The average Bonchev–Trinajstić information content (AvgIpc) is 3.97. The normalized spacial score (nSPS) is 11.9. The van der Waals surface area contributed by atoms with Crippen molar-refractivity contribution in [2.24, 2.45) is 0 Å². The van der Waals surface area contributed by atoms with Gasteiger partial charge in [-0.1, -0.05) is 127 Å². The van der Waals surface area contributed by atoms with Gasteiger partial charge in [0.05, 0.1) is 15.9 Å². The summed E-state index contributed by atoms with van der Waals surface area (Å²) in [6.45, 7) is 0. The van der Waals surface area contributed by atoms with Crippen molar-refractivity contribution in [1.29, 1.82) is 0 Å². The molecule has 0 saturated heterocycles. The molecule has 8 heteroatoms. The Bertz CT molecular complexity index is 3540. The molecule has 57 heavy (non-hydrogen) atoms. The Hall–Kier alpha value is -7.55. The van der Waals surface area contributed by atoms with Gasteiger partial charge in [0.25, 0.3) is 0 Å². The zero-order valence-electron chi connectivity index (χ0n) is 30.0. The van der Waals surface area contributed by atoms with Gasteiger partial charge < -0.3 is 8.83 Å². The molecule has 0 bridgehead atoms. The van der Waals surface area contributed by atoms with Crippen molar-refractivity contribution < 1.29 is 8.83 Å². The molecule has 0 saturated carbocycles. The molecule has 5 heterocycles. The Morgan fingerprint density at radius 3 is 1.61 bits per heavy atom. The topological polar surface area (TPSA) is 90.7 Å². The maximum Gasteiger partial charge on any atom is 0.164 e. The quantitative estimate of drug-likeness (QED) is 0.173. The van der Waals surface area contributed by atoms with Gasteiger partial charge in [-0.2, -0.15) is 0 Å². The lowest BCUT2D eigenvalue weighted by Crippen LogP contribution is -2.00. The van der Waals surface area contributed by atoms with Crippen molar-refractivity contribution in [3.63, 3.8) is 0 Å². The number of thiophene rings is 1. The summed E-state index contributed by atoms with van der Waals surface area (Å²) in [5.41, 5.74) is 9.45. The second-order valence-electron chi connectivity index (χ2n) is 14.0. The minimum absolute atomic E-state index is 0.552. The maximum absolute atomic E-state index is 6.66. The largest absolute Gasteiger partial charge is 0.456 e. The van der Waals surface area contributed by atoms with Crippen LogP contribution in [0.5, 0.6) is 0 Å². The minimum Gasteiger partial charge on any atom is -0.456 e. The number of nitrogens with zero attached hydrogens (tertiary/aromatic N) is 5. The van der Waals surface area contributed by atoms with Gasteiger partial charge in [-0.25, -0.2) is 24.9 Å². The minimum atomic E-state index is 0.552. The van der Waals surface area contributed by atoms with Crippen molar-refractivity contribution in [3.8, 4) is 56.8 Å². The number of benzene rings is 7. The smallest absolute Gasteiger partial charge is 0.164 e. The highest BCUT2D eigenvalue weighted by Gasteiger charge is 2.22. The second kappa shape index (κ2) is 12.5. The van der Waals surface area contributed by atoms with Gasteiger partial charge in [-0.05, 0) is 36.4 Å². The van der Waals surface area contributed by atoms with E-state index in [4.69, 9.17) is 33.8 Å². The second-order valence-corrected chi connectivity index (χ2v) is 15.0. The van der Waals surface area contributed by atoms with Crippen LogP contribution in [-0.2, 0) is 0 Å². The molecule has 7 aromatic carbocycles. The molecule has 0 N–H and O–H groups in total. The van der Waals surface area contributed by atoms with E-state index in [9.17, 15) is 0 Å². The third kappa shape index (κ3) is 5.08. The Balaban J connectivity index is 1.07. The fraction of sp³-hybridized carbons (Fsp3) is 0. The number of hydrogen-bond acceptors (Lipinski definition) is 8. The van der Waals surface area contributed by atoms with Crippen LogP contribution in [0.3, 0.4) is 0 Å². The van der Waals surface area contributed by atoms with E-state index >= 15 is 0 Å². The summed E-state index contributed by atoms with van der Waals surface area (Å²) in [5, 5.41) is 4.99. The highest BCUT2D eigenvalue weighted by molar-refractivity contribution is 7.26. The first-order chi connectivity index (χ1) is 28.2. The zero-order valence-corrected chi connectivity index (χ0v) is 30.9. The van der Waals surface area contributed by atoms with E-state index in [1.165, 1.54) is 4.70 Å². The lowest BCUT2D eigenvalue weighted by molar-refractivity contribution is 0.668. The van der Waals surface area contributed by atoms with Gasteiger partial charge in [0.15, 0.2) is 23.3 Å². The van der Waals surface area contributed by atoms with E-state index in [0.717, 1.165) is 93.0 Å². The molecule has 0 aliphatic rings. The number of para-hydroxylation sites is 1. The summed E-state index contributed by atoms with van der Waals surface area (Å²) in [4.78, 5) is 25.7. The average molecular weight is 750 g/mol. The third-order valence-corrected chi connectivity index (χ3v) is 11.7. The maximum atomic E-state index is 6.66. The molecule has 0 atom stereocenters. The van der Waals surface area contributed by atoms with Crippen molar-refractivity contribution in [3.05, 3.63) is 164 Å². The van der Waals surface area contributed by atoms with Crippen LogP contribution in [0.25, 0.3) is 121 Å². The van der Waals surface area contributed by atoms with Crippen molar-refractivity contribution >= 4 is 75.5 Å². The molecule has 0 aliphatic heterocycles. The molecule has 0 spiro atoms. The first kappa shape index (κ1) is 31.8. The Morgan fingerprint density at radius 1 is 0.368 bits per heavy atom. The summed E-state index contributed by atoms with van der Waals surface area (Å²) in [6.07, 6.45) is 0. The SMILES string of the molecule is c1ccc(-c2nc(-c3cccc4oc5ccccc5c34)nc(-c3cccc4oc5cc(-c6nc(-c7ccccc7)nc7c6sc6ccccc67)ccc5c34)n2)cc1. The molecule has 5 aromatic heterocycles. The molecular formula is C49H27N5O2S. The van der Waals surface area contributed by atoms with Crippen molar-refractivity contribution in [2.45, 2.75) is 0 Å². The van der Waals surface area contributed by atoms with Crippen LogP contribution in [0.1, 0.15) is 0 Å². The molecule has 0 amide bonds. The van der Waals surface area contributed by atoms with Gasteiger partial charge in [0.2, 0.25) is 0 Å². The van der Waals surface area contributed by atoms with Crippen LogP contribution in [0.15, 0.2) is 173 Å². The third-order valence-electron chi connectivity index (χ3n) is 10.6. The van der Waals surface area contributed by atoms with Crippen LogP contribution in [-0.4, -0.2) is 24.9 Å². The van der Waals surface area contributed by atoms with E-state index in [1.54, 1.807) is 11.3 Å². The standard InChI is InChI=1S/C49H27N5O2S/c1-3-13-28(14-4-1)46-50-43(45-44(51-46)33-18-8-10-24-40(33)57-45)30-25-26-32-39(27-30)56-38-23-12-20-35(42(32)38)49-53-47(29-15-5-2-6-16-29)52-48(54-49)34-19-11-22-37-41(34)31-17-7-9-21-36(31)55-37/h1-27H. The molecule has 12 rings (SSSR count). The van der Waals surface area contributed by atoms with E-state index in [0.29, 0.717) is 23.3 Å². The number of fused-ring (bicyclic) bond motifs is 9. The summed E-state index contributed by atoms with van der Waals surface area (Å²) in [6, 6.07) is 55.1. The summed E-state index contributed by atoms with van der Waals surface area (Å²) in [7, 11) is 0. The van der Waals surface area contributed by atoms with Gasteiger partial charge >= 0.3 is 0 Å². The zero-order chi connectivity index (χ0) is 37.5. The van der Waals surface area contributed by atoms with Crippen LogP contribution in [0.2, 0.25) is 0 Å². The summed E-state index contributed by atoms with van der Waals surface area (Å²) < 4.78 is 15.1. The Kier molecular flexibility index (Phi) is 6.96. The predicted octanol–water partition coefficient (Wildman–Crippen LogP) is 13.2. The van der Waals surface area contributed by atoms with Gasteiger partial charge in [-0.3, -0.25) is 0 Å². The fourth-order valence-electron chi connectivity index (χ4n) is 7.96. The predicted molar refractivity (Wildman–Crippen MR) is 230 cm³/mol. The molecule has 266 valence electrons. The number of rotatable bonds is 5. The lowest BCUT2D eigenvalue weighted by atomic mass is 10.0. The summed E-state index contributed by atoms with van der Waals surface area (Å²) in [5.74, 6) is 2.38. The Labute approximate surface area is 328 Å². The van der Waals surface area contributed by atoms with E-state index in [-0.39, 0.29) is 0 Å². The van der Waals surface area contributed by atoms with Crippen LogP contribution in [0.4, 0.5) is 0 Å². The van der Waals surface area contributed by atoms with Gasteiger partial charge in [0, 0.05) is 59.4 Å². The molecule has 7 nitrogen and oxygen atoms in total. The highest BCUT2D eigenvalue weighted by atomic mass is 32.1. The van der Waals surface area contributed by atoms with Crippen LogP contribution >= 0.6 is 11.3 Å². The van der Waals surface area contributed by atoms with Crippen molar-refractivity contribution in [2.75, 3.05) is 0 Å². The Morgan fingerprint density at radius 2 is 0.912 bits per heavy atom. The molecule has 0 fully saturated rings. The van der Waals surface area contributed by atoms with E-state index in [1.807, 2.05) is 91.0 Å². The lowest BCUT2D eigenvalue weighted by Gasteiger charge is -2.10. The van der Waals surface area contributed by atoms with E-state index < -0.39 is 0 Å². The first-order valence-corrected chi connectivity index (χ1v) is 19.5. The number of hydrogen-bond donors (Lipinski definition) is 0. The first-order valence-electron chi connectivity index (χ1n) is 18.7.